The third-order valence-corrected chi connectivity index (χ3v) is 29.7. The zero-order valence-corrected chi connectivity index (χ0v) is 53.8. The van der Waals surface area contributed by atoms with E-state index in [1.54, 1.807) is 111 Å². The molecule has 0 saturated heterocycles. The SMILES string of the molecule is C1=Cc2nc1c(-c1c3c(cc4c1[C@H]1CC[C@@H]4C1)[C@@H]1CC[C@H]3C1)c1ccc([n-]1)c(-c1c3c(cc4c1[C@H]1CC[C@@H]4C1)[C@@H]1CC[C@H]3C1)c1nc(c(-c3c4c(cc5c3[C@H]3CC[C@@H]5C3)[C@@H]3CC[C@H]4C3)c3ccc([n-]3)c2-c2c3c(cc4c2[C@H]2CC[C@@H]4C2)[C@@H]2CC[C@H]3C2)C=C1.[O]=[Ru]=[O]. The third-order valence-electron chi connectivity index (χ3n) is 29.7. The summed E-state index contributed by atoms with van der Waals surface area (Å²) in [6.45, 7) is 0. The zero-order valence-electron chi connectivity index (χ0n) is 52.1. The number of fused-ring (bicyclic) bond motifs is 48. The van der Waals surface area contributed by atoms with Gasteiger partial charge in [0.25, 0.3) is 0 Å². The van der Waals surface area contributed by atoms with Crippen molar-refractivity contribution >= 4 is 46.4 Å². The molecule has 0 N–H and O–H groups in total. The van der Waals surface area contributed by atoms with Crippen LogP contribution in [0.4, 0.5) is 0 Å². The van der Waals surface area contributed by atoms with E-state index >= 15 is 0 Å². The number of rotatable bonds is 4. The van der Waals surface area contributed by atoms with E-state index in [1.807, 2.05) is 0 Å². The normalized spacial score (nSPS) is 33.6. The molecule has 8 saturated carbocycles. The number of hydrogen-bond donors (Lipinski definition) is 0. The fraction of sp³-hybridized carbons (Fsp3) is 0.476. The van der Waals surface area contributed by atoms with Crippen LogP contribution >= 0.6 is 0 Å². The predicted octanol–water partition coefficient (Wildman–Crippen LogP) is 21.3. The second-order valence-corrected chi connectivity index (χ2v) is 33.4. The van der Waals surface area contributed by atoms with Crippen LogP contribution < -0.4 is 9.97 Å². The molecule has 3 aromatic heterocycles. The molecule has 7 aromatic rings. The van der Waals surface area contributed by atoms with Gasteiger partial charge in [-0.15, -0.1) is 22.1 Å². The summed E-state index contributed by atoms with van der Waals surface area (Å²) in [4.78, 5) is 25.4. The van der Waals surface area contributed by atoms with Crippen LogP contribution in [0.15, 0.2) is 48.5 Å². The second kappa shape index (κ2) is 17.9. The Morgan fingerprint density at radius 1 is 0.253 bits per heavy atom. The van der Waals surface area contributed by atoms with Crippen LogP contribution in [0.5, 0.6) is 0 Å². The van der Waals surface area contributed by atoms with E-state index in [2.05, 4.69) is 72.8 Å². The van der Waals surface area contributed by atoms with Gasteiger partial charge in [0.1, 0.15) is 0 Å². The molecule has 4 aromatic carbocycles. The molecule has 91 heavy (non-hydrogen) atoms. The van der Waals surface area contributed by atoms with Gasteiger partial charge in [0.2, 0.25) is 0 Å². The van der Waals surface area contributed by atoms with Crippen molar-refractivity contribution in [2.24, 2.45) is 0 Å². The van der Waals surface area contributed by atoms with E-state index in [4.69, 9.17) is 27.1 Å². The fourth-order valence-corrected chi connectivity index (χ4v) is 26.6. The average molecular weight is 1270 g/mol. The summed E-state index contributed by atoms with van der Waals surface area (Å²) < 4.78 is 16.9. The molecule has 18 aliphatic rings. The van der Waals surface area contributed by atoms with Crippen molar-refractivity contribution in [3.05, 3.63) is 160 Å². The first-order valence-corrected chi connectivity index (χ1v) is 38.1. The van der Waals surface area contributed by atoms with Gasteiger partial charge in [-0.1, -0.05) is 48.5 Å². The van der Waals surface area contributed by atoms with Crippen LogP contribution in [-0.2, 0) is 24.2 Å². The molecule has 6 nitrogen and oxygen atoms in total. The van der Waals surface area contributed by atoms with Crippen molar-refractivity contribution in [1.82, 2.24) is 19.9 Å². The van der Waals surface area contributed by atoms with Gasteiger partial charge in [-0.25, -0.2) is 9.97 Å². The van der Waals surface area contributed by atoms with Gasteiger partial charge in [0.15, 0.2) is 0 Å². The molecular formula is C84H76N4O2Ru-2. The van der Waals surface area contributed by atoms with E-state index in [9.17, 15) is 0 Å². The first kappa shape index (κ1) is 51.2. The van der Waals surface area contributed by atoms with Crippen LogP contribution in [0.2, 0.25) is 0 Å². The number of aromatic nitrogens is 4. The summed E-state index contributed by atoms with van der Waals surface area (Å²) in [5.41, 5.74) is 47.9. The Labute approximate surface area is 540 Å². The van der Waals surface area contributed by atoms with E-state index in [1.165, 1.54) is 176 Å². The molecule has 2 aliphatic heterocycles. The molecule has 0 unspecified atom stereocenters. The van der Waals surface area contributed by atoms with Crippen molar-refractivity contribution in [3.63, 3.8) is 0 Å². The van der Waals surface area contributed by atoms with Crippen LogP contribution in [-0.4, -0.2) is 9.97 Å². The molecule has 7 heteroatoms. The Bertz CT molecular complexity index is 4160. The zero-order chi connectivity index (χ0) is 58.7. The first-order chi connectivity index (χ1) is 44.9. The van der Waals surface area contributed by atoms with Gasteiger partial charge >= 0.3 is 24.2 Å². The van der Waals surface area contributed by atoms with Gasteiger partial charge in [-0.05, 0) is 407 Å². The summed E-state index contributed by atoms with van der Waals surface area (Å²) in [7, 11) is 0. The summed E-state index contributed by atoms with van der Waals surface area (Å²) in [6, 6.07) is 21.2. The fourth-order valence-electron chi connectivity index (χ4n) is 26.6. The number of hydrogen-bond acceptors (Lipinski definition) is 4. The van der Waals surface area contributed by atoms with Crippen LogP contribution in [0.3, 0.4) is 0 Å². The average Bonchev–Trinajstić information content (AvgIpc) is 1.59. The standard InChI is InChI=1S/C84H76N4.2O.Ru/c1-9-45-25-37(1)53-33-54-38-2-10-46(26-38)70(54)81(69(45)53)77-61-17-19-63(85-61)78(82-71-47-11-3-39(27-47)55(71)34-56-40-4-12-48(28-40)72(56)82)65-21-23-67(87-65)80(84-75-51-15-7-43(31-51)59(75)36-60-44-8-16-52(32-44)76(60)84)68-24-22-66(88-68)79(64-20-18-62(77)86-64)83-73-49-13-5-41(29-49)57(73)35-58-42-6-14-50(30-42)74(58)83;;;/h17-24,33-52H,1-16,25-32H2;;;/q-2;;;/t37-,38-,39-,40-,41-,42-,43-,44-,45+,46+,47+,48+,49+,50+,51+,52+;;;/m1.../s1. The van der Waals surface area contributed by atoms with Gasteiger partial charge in [0, 0.05) is 0 Å². The van der Waals surface area contributed by atoms with Crippen molar-refractivity contribution in [1.29, 1.82) is 0 Å². The molecule has 16 aliphatic carbocycles. The summed E-state index contributed by atoms with van der Waals surface area (Å²) in [5.74, 6) is 10.4. The molecule has 25 rings (SSSR count). The summed E-state index contributed by atoms with van der Waals surface area (Å²) in [5, 5.41) is 0. The monoisotopic (exact) mass is 1270 g/mol. The number of nitrogens with zero attached hydrogens (tertiary/aromatic N) is 4. The Morgan fingerprint density at radius 3 is 0.593 bits per heavy atom. The molecule has 24 bridgehead atoms. The van der Waals surface area contributed by atoms with Gasteiger partial charge in [0.05, 0.1) is 22.8 Å². The molecule has 0 amide bonds. The minimum absolute atomic E-state index is 0.614. The van der Waals surface area contributed by atoms with Crippen molar-refractivity contribution in [2.75, 3.05) is 0 Å². The van der Waals surface area contributed by atoms with E-state index < -0.39 is 17.0 Å². The quantitative estimate of drug-likeness (QED) is 0.163. The van der Waals surface area contributed by atoms with Gasteiger partial charge in [-0.2, -0.15) is 0 Å². The summed E-state index contributed by atoms with van der Waals surface area (Å²) in [6.07, 6.45) is 41.8. The van der Waals surface area contributed by atoms with Crippen molar-refractivity contribution in [3.8, 4) is 44.5 Å². The Morgan fingerprint density at radius 2 is 0.418 bits per heavy atom. The Kier molecular flexibility index (Phi) is 10.1. The minimum atomic E-state index is -1.79. The molecule has 454 valence electrons. The molecular weight excluding hydrogens is 1200 g/mol. The van der Waals surface area contributed by atoms with E-state index in [0.717, 1.165) is 44.8 Å². The van der Waals surface area contributed by atoms with Crippen molar-refractivity contribution < 1.29 is 24.2 Å². The third kappa shape index (κ3) is 6.48. The molecule has 8 fully saturated rings. The van der Waals surface area contributed by atoms with Gasteiger partial charge < -0.3 is 9.97 Å². The van der Waals surface area contributed by atoms with Crippen LogP contribution in [0, 0.1) is 0 Å². The summed E-state index contributed by atoms with van der Waals surface area (Å²) >= 11 is -1.79. The second-order valence-electron chi connectivity index (χ2n) is 33.1. The Balaban J connectivity index is 0.00000170. The van der Waals surface area contributed by atoms with Gasteiger partial charge in [-0.3, -0.25) is 0 Å². The van der Waals surface area contributed by atoms with E-state index in [-0.39, 0.29) is 0 Å². The van der Waals surface area contributed by atoms with Crippen molar-refractivity contribution in [2.45, 2.75) is 249 Å². The molecule has 0 radical (unpaired) electrons. The molecule has 5 heterocycles. The Hall–Kier alpha value is -6.30. The van der Waals surface area contributed by atoms with Crippen LogP contribution in [0.25, 0.3) is 90.9 Å². The van der Waals surface area contributed by atoms with Crippen LogP contribution in [0.1, 0.15) is 361 Å². The maximum absolute atomic E-state index is 8.46. The van der Waals surface area contributed by atoms with E-state index in [0.29, 0.717) is 94.7 Å². The molecule has 16 atom stereocenters. The topological polar surface area (TPSA) is 88.1 Å². The predicted molar refractivity (Wildman–Crippen MR) is 355 cm³/mol. The first-order valence-electron chi connectivity index (χ1n) is 36.7. The number of benzene rings is 4. The molecule has 0 spiro atoms. The maximum atomic E-state index is 8.46.